The fraction of sp³-hybridized carbons (Fsp3) is 1.00. The number of hydrogen-bond acceptors (Lipinski definition) is 4. The predicted octanol–water partition coefficient (Wildman–Crippen LogP) is 1.23. The Morgan fingerprint density at radius 1 is 1.24 bits per heavy atom. The molecule has 1 rings (SSSR count). The molecule has 0 bridgehead atoms. The van der Waals surface area contributed by atoms with Gasteiger partial charge in [-0.1, -0.05) is 6.92 Å². The normalized spacial score (nSPS) is 23.1. The standard InChI is InChI=1S/C11H22F2N2O2/c1-4-10(9-17-3)15-6-5-14(7-8-16-2)11(15,12)13/h10H,4-9H2,1-3H3. The highest BCUT2D eigenvalue weighted by Gasteiger charge is 2.50. The summed E-state index contributed by atoms with van der Waals surface area (Å²) in [7, 11) is 3.06. The lowest BCUT2D eigenvalue weighted by atomic mass is 10.2. The molecule has 4 nitrogen and oxygen atoms in total. The van der Waals surface area contributed by atoms with Crippen molar-refractivity contribution >= 4 is 0 Å². The summed E-state index contributed by atoms with van der Waals surface area (Å²) in [5, 5.41) is 0. The van der Waals surface area contributed by atoms with Gasteiger partial charge in [0.15, 0.2) is 0 Å². The summed E-state index contributed by atoms with van der Waals surface area (Å²) in [6, 6.07) is -0.234. The zero-order chi connectivity index (χ0) is 12.9. The summed E-state index contributed by atoms with van der Waals surface area (Å²) in [4.78, 5) is 2.39. The number of methoxy groups -OCH3 is 2. The average Bonchev–Trinajstić information content (AvgIpc) is 2.59. The fourth-order valence-electron chi connectivity index (χ4n) is 2.15. The Balaban J connectivity index is 2.63. The molecule has 1 heterocycles. The van der Waals surface area contributed by atoms with Crippen LogP contribution in [-0.4, -0.2) is 69.1 Å². The van der Waals surface area contributed by atoms with E-state index in [1.54, 1.807) is 7.11 Å². The molecule has 0 aromatic rings. The molecule has 17 heavy (non-hydrogen) atoms. The third-order valence-corrected chi connectivity index (χ3v) is 3.17. The first-order valence-corrected chi connectivity index (χ1v) is 5.95. The number of halogens is 2. The van der Waals surface area contributed by atoms with E-state index in [0.29, 0.717) is 32.7 Å². The molecule has 0 N–H and O–H groups in total. The Kier molecular flexibility index (Phi) is 5.72. The van der Waals surface area contributed by atoms with Crippen LogP contribution in [0, 0.1) is 0 Å². The first-order chi connectivity index (χ1) is 8.07. The highest BCUT2D eigenvalue weighted by atomic mass is 19.3. The third-order valence-electron chi connectivity index (χ3n) is 3.17. The van der Waals surface area contributed by atoms with Crippen molar-refractivity contribution in [1.82, 2.24) is 9.80 Å². The van der Waals surface area contributed by atoms with Crippen molar-refractivity contribution in [3.63, 3.8) is 0 Å². The smallest absolute Gasteiger partial charge is 0.370 e. The molecule has 0 amide bonds. The van der Waals surface area contributed by atoms with E-state index < -0.39 is 6.17 Å². The van der Waals surface area contributed by atoms with Crippen LogP contribution in [0.1, 0.15) is 13.3 Å². The van der Waals surface area contributed by atoms with Gasteiger partial charge in [-0.15, -0.1) is 0 Å². The van der Waals surface area contributed by atoms with Gasteiger partial charge in [0.2, 0.25) is 0 Å². The van der Waals surface area contributed by atoms with Gasteiger partial charge in [-0.3, -0.25) is 0 Å². The van der Waals surface area contributed by atoms with E-state index in [0.717, 1.165) is 4.90 Å². The lowest BCUT2D eigenvalue weighted by molar-refractivity contribution is -0.227. The number of ether oxygens (including phenoxy) is 2. The van der Waals surface area contributed by atoms with Crippen LogP contribution in [-0.2, 0) is 9.47 Å². The Bertz CT molecular complexity index is 230. The summed E-state index contributed by atoms with van der Waals surface area (Å²) in [6.07, 6.45) is -2.24. The van der Waals surface area contributed by atoms with Crippen molar-refractivity contribution in [2.24, 2.45) is 0 Å². The van der Waals surface area contributed by atoms with Crippen LogP contribution in [0.2, 0.25) is 0 Å². The summed E-state index contributed by atoms with van der Waals surface area (Å²) in [5.74, 6) is 0. The second kappa shape index (κ2) is 6.58. The second-order valence-electron chi connectivity index (χ2n) is 4.20. The molecule has 1 aliphatic rings. The Labute approximate surface area is 101 Å². The predicted molar refractivity (Wildman–Crippen MR) is 61.1 cm³/mol. The monoisotopic (exact) mass is 252 g/mol. The molecule has 6 heteroatoms. The topological polar surface area (TPSA) is 24.9 Å². The minimum Gasteiger partial charge on any atom is -0.383 e. The van der Waals surface area contributed by atoms with Crippen molar-refractivity contribution in [3.8, 4) is 0 Å². The van der Waals surface area contributed by atoms with Gasteiger partial charge in [0.05, 0.1) is 13.2 Å². The maximum atomic E-state index is 14.1. The Hall–Kier alpha value is -0.300. The van der Waals surface area contributed by atoms with Crippen LogP contribution >= 0.6 is 0 Å². The van der Waals surface area contributed by atoms with Crippen LogP contribution in [0.15, 0.2) is 0 Å². The molecule has 1 fully saturated rings. The number of rotatable bonds is 7. The number of alkyl halides is 2. The lowest BCUT2D eigenvalue weighted by Gasteiger charge is -2.34. The minimum atomic E-state index is -2.89. The van der Waals surface area contributed by atoms with E-state index in [-0.39, 0.29) is 12.6 Å². The van der Waals surface area contributed by atoms with Crippen LogP contribution in [0.5, 0.6) is 0 Å². The molecule has 1 saturated heterocycles. The maximum absolute atomic E-state index is 14.1. The van der Waals surface area contributed by atoms with E-state index >= 15 is 0 Å². The van der Waals surface area contributed by atoms with Gasteiger partial charge in [0.1, 0.15) is 0 Å². The zero-order valence-electron chi connectivity index (χ0n) is 10.8. The molecular formula is C11H22F2N2O2. The molecule has 1 aliphatic heterocycles. The van der Waals surface area contributed by atoms with E-state index in [4.69, 9.17) is 9.47 Å². The Morgan fingerprint density at radius 2 is 1.94 bits per heavy atom. The largest absolute Gasteiger partial charge is 0.383 e. The van der Waals surface area contributed by atoms with Gasteiger partial charge in [-0.05, 0) is 6.42 Å². The van der Waals surface area contributed by atoms with Gasteiger partial charge >= 0.3 is 6.17 Å². The Morgan fingerprint density at radius 3 is 2.47 bits per heavy atom. The number of hydrogen-bond donors (Lipinski definition) is 0. The maximum Gasteiger partial charge on any atom is 0.370 e. The SMILES string of the molecule is CCC(COC)N1CCN(CCOC)C1(F)F. The molecule has 0 aromatic carbocycles. The average molecular weight is 252 g/mol. The molecule has 0 aromatic heterocycles. The molecule has 102 valence electrons. The molecule has 0 spiro atoms. The van der Waals surface area contributed by atoms with E-state index in [1.165, 1.54) is 12.0 Å². The molecule has 0 saturated carbocycles. The fourth-order valence-corrected chi connectivity index (χ4v) is 2.15. The van der Waals surface area contributed by atoms with Gasteiger partial charge in [0.25, 0.3) is 0 Å². The molecule has 0 aliphatic carbocycles. The lowest BCUT2D eigenvalue weighted by Crippen LogP contribution is -2.52. The summed E-state index contributed by atoms with van der Waals surface area (Å²) in [5.41, 5.74) is 0. The van der Waals surface area contributed by atoms with Crippen LogP contribution in [0.4, 0.5) is 8.78 Å². The number of nitrogens with zero attached hydrogens (tertiary/aromatic N) is 2. The van der Waals surface area contributed by atoms with Gasteiger partial charge in [-0.25, -0.2) is 9.80 Å². The quantitative estimate of drug-likeness (QED) is 0.636. The minimum absolute atomic E-state index is 0.234. The summed E-state index contributed by atoms with van der Waals surface area (Å²) < 4.78 is 38.0. The van der Waals surface area contributed by atoms with E-state index in [1.807, 2.05) is 6.92 Å². The summed E-state index contributed by atoms with van der Waals surface area (Å²) in [6.45, 7) is 3.56. The van der Waals surface area contributed by atoms with Gasteiger partial charge < -0.3 is 9.47 Å². The van der Waals surface area contributed by atoms with Crippen molar-refractivity contribution in [2.75, 3.05) is 47.1 Å². The van der Waals surface area contributed by atoms with Crippen LogP contribution in [0.25, 0.3) is 0 Å². The molecule has 1 unspecified atom stereocenters. The van der Waals surface area contributed by atoms with Gasteiger partial charge in [0, 0.05) is 39.9 Å². The highest BCUT2D eigenvalue weighted by molar-refractivity contribution is 4.85. The van der Waals surface area contributed by atoms with E-state index in [2.05, 4.69) is 0 Å². The van der Waals surface area contributed by atoms with Crippen LogP contribution in [0.3, 0.4) is 0 Å². The first kappa shape index (κ1) is 14.8. The van der Waals surface area contributed by atoms with Gasteiger partial charge in [-0.2, -0.15) is 8.78 Å². The van der Waals surface area contributed by atoms with Crippen LogP contribution < -0.4 is 0 Å². The zero-order valence-corrected chi connectivity index (χ0v) is 10.8. The summed E-state index contributed by atoms with van der Waals surface area (Å²) >= 11 is 0. The van der Waals surface area contributed by atoms with Crippen molar-refractivity contribution in [1.29, 1.82) is 0 Å². The van der Waals surface area contributed by atoms with E-state index in [9.17, 15) is 8.78 Å². The van der Waals surface area contributed by atoms with Crippen molar-refractivity contribution in [3.05, 3.63) is 0 Å². The highest BCUT2D eigenvalue weighted by Crippen LogP contribution is 2.32. The van der Waals surface area contributed by atoms with Crippen molar-refractivity contribution in [2.45, 2.75) is 25.6 Å². The first-order valence-electron chi connectivity index (χ1n) is 5.95. The second-order valence-corrected chi connectivity index (χ2v) is 4.20. The molecular weight excluding hydrogens is 230 g/mol. The molecule has 1 atom stereocenters. The van der Waals surface area contributed by atoms with Crippen molar-refractivity contribution < 1.29 is 18.3 Å². The molecule has 0 radical (unpaired) electrons. The third kappa shape index (κ3) is 3.34.